The minimum atomic E-state index is 0.662. The molecule has 104 valence electrons. The van der Waals surface area contributed by atoms with Crippen LogP contribution in [0.5, 0.6) is 0 Å². The van der Waals surface area contributed by atoms with E-state index in [2.05, 4.69) is 65.1 Å². The third-order valence-electron chi connectivity index (χ3n) is 4.14. The highest BCUT2D eigenvalue weighted by Crippen LogP contribution is 2.29. The first-order valence-corrected chi connectivity index (χ1v) is 8.30. The monoisotopic (exact) mass is 283 g/mol. The smallest absolute Gasteiger partial charge is 0.0240 e. The number of hydrogen-bond acceptors (Lipinski definition) is 2. The Bertz CT molecular complexity index is 556. The van der Waals surface area contributed by atoms with Crippen LogP contribution in [0.1, 0.15) is 30.9 Å². The summed E-state index contributed by atoms with van der Waals surface area (Å²) in [4.78, 5) is 2.60. The summed E-state index contributed by atoms with van der Waals surface area (Å²) in [6.07, 6.45) is 4.81. The van der Waals surface area contributed by atoms with Crippen molar-refractivity contribution in [2.24, 2.45) is 0 Å². The summed E-state index contributed by atoms with van der Waals surface area (Å²) < 4.78 is 0. The maximum atomic E-state index is 2.60. The van der Waals surface area contributed by atoms with Crippen LogP contribution in [0.2, 0.25) is 0 Å². The molecule has 1 aliphatic rings. The van der Waals surface area contributed by atoms with Gasteiger partial charge in [-0.05, 0) is 46.4 Å². The lowest BCUT2D eigenvalue weighted by molar-refractivity contribution is 0.198. The molecular formula is C18H21NS. The van der Waals surface area contributed by atoms with Gasteiger partial charge in [0.05, 0.1) is 0 Å². The molecule has 1 aliphatic heterocycles. The molecule has 1 unspecified atom stereocenters. The van der Waals surface area contributed by atoms with Gasteiger partial charge in [0.25, 0.3) is 0 Å². The Morgan fingerprint density at radius 1 is 1.20 bits per heavy atom. The third-order valence-corrected chi connectivity index (χ3v) is 4.82. The van der Waals surface area contributed by atoms with E-state index in [4.69, 9.17) is 0 Å². The van der Waals surface area contributed by atoms with Crippen LogP contribution in [-0.4, -0.2) is 17.5 Å². The highest BCUT2D eigenvalue weighted by Gasteiger charge is 2.22. The number of nitrogens with zero attached hydrogens (tertiary/aromatic N) is 1. The first-order valence-electron chi connectivity index (χ1n) is 7.36. The van der Waals surface area contributed by atoms with Gasteiger partial charge in [0.15, 0.2) is 0 Å². The normalized spacial score (nSPS) is 19.9. The lowest BCUT2D eigenvalue weighted by Gasteiger charge is -2.34. The first kappa shape index (κ1) is 13.6. The van der Waals surface area contributed by atoms with Gasteiger partial charge in [0, 0.05) is 19.1 Å². The zero-order valence-electron chi connectivity index (χ0n) is 12.0. The van der Waals surface area contributed by atoms with Gasteiger partial charge < -0.3 is 0 Å². The molecule has 0 saturated heterocycles. The molecule has 0 bridgehead atoms. The molecule has 0 amide bonds. The molecule has 0 radical (unpaired) electrons. The Balaban J connectivity index is 1.74. The molecule has 1 atom stereocenters. The van der Waals surface area contributed by atoms with Gasteiger partial charge in [-0.2, -0.15) is 11.3 Å². The number of rotatable bonds is 4. The average molecular weight is 283 g/mol. The molecule has 0 spiro atoms. The van der Waals surface area contributed by atoms with Crippen LogP contribution >= 0.6 is 11.3 Å². The fraction of sp³-hybridized carbons (Fsp3) is 0.333. The van der Waals surface area contributed by atoms with E-state index >= 15 is 0 Å². The second-order valence-electron chi connectivity index (χ2n) is 5.42. The van der Waals surface area contributed by atoms with Crippen LogP contribution in [0.15, 0.2) is 53.2 Å². The molecule has 2 heterocycles. The molecule has 0 fully saturated rings. The predicted octanol–water partition coefficient (Wildman–Crippen LogP) is 4.82. The van der Waals surface area contributed by atoms with Crippen molar-refractivity contribution in [1.29, 1.82) is 0 Å². The summed E-state index contributed by atoms with van der Waals surface area (Å²) in [5, 5.41) is 4.44. The van der Waals surface area contributed by atoms with Crippen LogP contribution in [0, 0.1) is 0 Å². The summed E-state index contributed by atoms with van der Waals surface area (Å²) in [6, 6.07) is 13.7. The maximum Gasteiger partial charge on any atom is 0.0240 e. The van der Waals surface area contributed by atoms with Gasteiger partial charge in [0.1, 0.15) is 0 Å². The van der Waals surface area contributed by atoms with E-state index in [-0.39, 0.29) is 0 Å². The van der Waals surface area contributed by atoms with E-state index in [0.717, 1.165) is 13.1 Å². The van der Waals surface area contributed by atoms with Crippen molar-refractivity contribution in [3.05, 3.63) is 64.4 Å². The molecule has 1 nitrogen and oxygen atoms in total. The Morgan fingerprint density at radius 2 is 2.05 bits per heavy atom. The van der Waals surface area contributed by atoms with Crippen molar-refractivity contribution in [2.75, 3.05) is 6.54 Å². The standard InChI is InChI=1S/C18H21NS/c1-2-18-12-16(17-9-11-20-14-17)8-10-19(18)13-15-6-4-3-5-7-15/h3-9,11,14,18H,2,10,12-13H2,1H3. The summed E-state index contributed by atoms with van der Waals surface area (Å²) in [7, 11) is 0. The summed E-state index contributed by atoms with van der Waals surface area (Å²) in [5.74, 6) is 0. The zero-order chi connectivity index (χ0) is 13.8. The van der Waals surface area contributed by atoms with Gasteiger partial charge in [0.2, 0.25) is 0 Å². The van der Waals surface area contributed by atoms with Gasteiger partial charge in [-0.15, -0.1) is 0 Å². The van der Waals surface area contributed by atoms with E-state index in [9.17, 15) is 0 Å². The predicted molar refractivity (Wildman–Crippen MR) is 87.8 cm³/mol. The number of benzene rings is 1. The minimum Gasteiger partial charge on any atom is -0.292 e. The third kappa shape index (κ3) is 3.02. The first-order chi connectivity index (χ1) is 9.86. The van der Waals surface area contributed by atoms with Gasteiger partial charge in [-0.1, -0.05) is 43.3 Å². The molecule has 0 N–H and O–H groups in total. The van der Waals surface area contributed by atoms with Gasteiger partial charge in [-0.25, -0.2) is 0 Å². The fourth-order valence-corrected chi connectivity index (χ4v) is 3.62. The molecule has 3 rings (SSSR count). The topological polar surface area (TPSA) is 3.24 Å². The molecular weight excluding hydrogens is 262 g/mol. The number of hydrogen-bond donors (Lipinski definition) is 0. The highest BCUT2D eigenvalue weighted by molar-refractivity contribution is 7.08. The van der Waals surface area contributed by atoms with E-state index in [0.29, 0.717) is 6.04 Å². The van der Waals surface area contributed by atoms with E-state index in [1.54, 1.807) is 11.3 Å². The highest BCUT2D eigenvalue weighted by atomic mass is 32.1. The van der Waals surface area contributed by atoms with E-state index in [1.165, 1.54) is 29.5 Å². The van der Waals surface area contributed by atoms with Crippen molar-refractivity contribution in [1.82, 2.24) is 4.90 Å². The Morgan fingerprint density at radius 3 is 2.75 bits per heavy atom. The molecule has 1 aromatic carbocycles. The molecule has 0 saturated carbocycles. The Hall–Kier alpha value is -1.38. The van der Waals surface area contributed by atoms with E-state index < -0.39 is 0 Å². The molecule has 1 aromatic heterocycles. The average Bonchev–Trinajstić information content (AvgIpc) is 3.03. The van der Waals surface area contributed by atoms with Crippen LogP contribution < -0.4 is 0 Å². The second kappa shape index (κ2) is 6.38. The summed E-state index contributed by atoms with van der Waals surface area (Å²) in [6.45, 7) is 4.44. The van der Waals surface area contributed by atoms with Crippen molar-refractivity contribution >= 4 is 16.9 Å². The molecule has 0 aliphatic carbocycles. The van der Waals surface area contributed by atoms with Crippen LogP contribution in [0.25, 0.3) is 5.57 Å². The minimum absolute atomic E-state index is 0.662. The molecule has 2 aromatic rings. The number of thiophene rings is 1. The maximum absolute atomic E-state index is 2.60. The van der Waals surface area contributed by atoms with E-state index in [1.807, 2.05) is 0 Å². The largest absolute Gasteiger partial charge is 0.292 e. The fourth-order valence-electron chi connectivity index (χ4n) is 2.94. The zero-order valence-corrected chi connectivity index (χ0v) is 12.8. The summed E-state index contributed by atoms with van der Waals surface area (Å²) >= 11 is 1.79. The molecule has 2 heteroatoms. The van der Waals surface area contributed by atoms with Crippen molar-refractivity contribution < 1.29 is 0 Å². The van der Waals surface area contributed by atoms with Gasteiger partial charge in [-0.3, -0.25) is 4.90 Å². The Kier molecular flexibility index (Phi) is 4.34. The van der Waals surface area contributed by atoms with Crippen molar-refractivity contribution in [3.63, 3.8) is 0 Å². The van der Waals surface area contributed by atoms with Crippen LogP contribution in [-0.2, 0) is 6.54 Å². The lowest BCUT2D eigenvalue weighted by atomic mass is 9.94. The second-order valence-corrected chi connectivity index (χ2v) is 6.20. The Labute approximate surface area is 125 Å². The van der Waals surface area contributed by atoms with Crippen LogP contribution in [0.3, 0.4) is 0 Å². The van der Waals surface area contributed by atoms with Crippen molar-refractivity contribution in [2.45, 2.75) is 32.4 Å². The van der Waals surface area contributed by atoms with Gasteiger partial charge >= 0.3 is 0 Å². The quantitative estimate of drug-likeness (QED) is 0.778. The summed E-state index contributed by atoms with van der Waals surface area (Å²) in [5.41, 5.74) is 4.37. The molecule has 20 heavy (non-hydrogen) atoms. The SMILES string of the molecule is CCC1CC(c2ccsc2)=CCN1Cc1ccccc1. The van der Waals surface area contributed by atoms with Crippen LogP contribution in [0.4, 0.5) is 0 Å². The lowest BCUT2D eigenvalue weighted by Crippen LogP contribution is -2.37. The van der Waals surface area contributed by atoms with Crippen molar-refractivity contribution in [3.8, 4) is 0 Å².